The molecule has 1 aromatic heterocycles. The molecule has 0 unspecified atom stereocenters. The Balaban J connectivity index is 2.15. The highest BCUT2D eigenvalue weighted by atomic mass is 15.1. The molecule has 0 saturated carbocycles. The molecule has 1 aliphatic carbocycles. The Morgan fingerprint density at radius 3 is 3.00 bits per heavy atom. The number of allylic oxidation sites excluding steroid dienone is 6. The van der Waals surface area contributed by atoms with E-state index in [2.05, 4.69) is 39.9 Å². The maximum atomic E-state index is 4.40. The van der Waals surface area contributed by atoms with E-state index in [-0.39, 0.29) is 0 Å². The van der Waals surface area contributed by atoms with Crippen LogP contribution < -0.4 is 0 Å². The van der Waals surface area contributed by atoms with Crippen molar-refractivity contribution in [2.75, 3.05) is 0 Å². The molecule has 2 heteroatoms. The molecule has 0 bridgehead atoms. The van der Waals surface area contributed by atoms with E-state index >= 15 is 0 Å². The molecule has 78 valence electrons. The molecule has 2 aromatic rings. The summed E-state index contributed by atoms with van der Waals surface area (Å²) in [7, 11) is 0. The lowest BCUT2D eigenvalue weighted by atomic mass is 10.2. The third-order valence-electron chi connectivity index (χ3n) is 2.74. The summed E-state index contributed by atoms with van der Waals surface area (Å²) >= 11 is 0. The minimum absolute atomic E-state index is 0.938. The molecule has 3 rings (SSSR count). The summed E-state index contributed by atoms with van der Waals surface area (Å²) in [6.07, 6.45) is 13.3. The van der Waals surface area contributed by atoms with Gasteiger partial charge in [0.05, 0.1) is 11.0 Å². The van der Waals surface area contributed by atoms with E-state index in [1.54, 1.807) is 0 Å². The van der Waals surface area contributed by atoms with Gasteiger partial charge in [0.15, 0.2) is 0 Å². The summed E-state index contributed by atoms with van der Waals surface area (Å²) in [6.45, 7) is 0. The maximum absolute atomic E-state index is 4.40. The summed E-state index contributed by atoms with van der Waals surface area (Å²) < 4.78 is 2.15. The lowest BCUT2D eigenvalue weighted by Gasteiger charge is -2.06. The van der Waals surface area contributed by atoms with E-state index in [1.165, 1.54) is 5.70 Å². The molecule has 1 aliphatic rings. The number of nitrogens with zero attached hydrogens (tertiary/aromatic N) is 2. The van der Waals surface area contributed by atoms with Gasteiger partial charge in [0, 0.05) is 12.1 Å². The average molecular weight is 208 g/mol. The molecule has 0 saturated heterocycles. The topological polar surface area (TPSA) is 17.8 Å². The largest absolute Gasteiger partial charge is 0.302 e. The molecule has 0 N–H and O–H groups in total. The third kappa shape index (κ3) is 1.48. The number of rotatable bonds is 1. The van der Waals surface area contributed by atoms with Crippen molar-refractivity contribution >= 4 is 16.7 Å². The number of benzene rings is 1. The Labute approximate surface area is 94.2 Å². The van der Waals surface area contributed by atoms with E-state index in [1.807, 2.05) is 30.6 Å². The van der Waals surface area contributed by atoms with Crippen molar-refractivity contribution in [2.45, 2.75) is 6.42 Å². The number of imidazole rings is 1. The quantitative estimate of drug-likeness (QED) is 0.702. The molecule has 1 aromatic carbocycles. The van der Waals surface area contributed by atoms with Gasteiger partial charge in [-0.05, 0) is 18.2 Å². The minimum Gasteiger partial charge on any atom is -0.302 e. The smallest absolute Gasteiger partial charge is 0.100 e. The lowest BCUT2D eigenvalue weighted by Crippen LogP contribution is -1.93. The normalized spacial score (nSPS) is 15.1. The van der Waals surface area contributed by atoms with Crippen LogP contribution in [0.4, 0.5) is 0 Å². The van der Waals surface area contributed by atoms with Crippen LogP contribution in [0.5, 0.6) is 0 Å². The van der Waals surface area contributed by atoms with Gasteiger partial charge in [0.1, 0.15) is 6.33 Å². The molecule has 0 amide bonds. The highest BCUT2D eigenvalue weighted by Crippen LogP contribution is 2.20. The van der Waals surface area contributed by atoms with Gasteiger partial charge in [0.2, 0.25) is 0 Å². The monoisotopic (exact) mass is 208 g/mol. The van der Waals surface area contributed by atoms with E-state index in [0.717, 1.165) is 17.5 Å². The van der Waals surface area contributed by atoms with Crippen LogP contribution in [0.15, 0.2) is 61.0 Å². The third-order valence-corrected chi connectivity index (χ3v) is 2.74. The summed E-state index contributed by atoms with van der Waals surface area (Å²) in [5.41, 5.74) is 3.46. The van der Waals surface area contributed by atoms with Gasteiger partial charge in [-0.1, -0.05) is 36.4 Å². The molecule has 0 aliphatic heterocycles. The van der Waals surface area contributed by atoms with Gasteiger partial charge < -0.3 is 4.57 Å². The fourth-order valence-electron chi connectivity index (χ4n) is 1.93. The van der Waals surface area contributed by atoms with Crippen molar-refractivity contribution in [1.82, 2.24) is 9.55 Å². The van der Waals surface area contributed by atoms with E-state index < -0.39 is 0 Å². The van der Waals surface area contributed by atoms with Crippen LogP contribution in [0, 0.1) is 0 Å². The zero-order valence-corrected chi connectivity index (χ0v) is 8.88. The Bertz CT molecular complexity index is 600. The highest BCUT2D eigenvalue weighted by molar-refractivity contribution is 5.79. The first-order valence-electron chi connectivity index (χ1n) is 5.40. The zero-order chi connectivity index (χ0) is 10.8. The molecule has 0 atom stereocenters. The molecule has 0 radical (unpaired) electrons. The van der Waals surface area contributed by atoms with Crippen LogP contribution in [-0.2, 0) is 0 Å². The van der Waals surface area contributed by atoms with E-state index in [9.17, 15) is 0 Å². The number of hydrogen-bond donors (Lipinski definition) is 0. The number of para-hydroxylation sites is 2. The van der Waals surface area contributed by atoms with Gasteiger partial charge in [-0.2, -0.15) is 0 Å². The molecule has 0 fully saturated rings. The van der Waals surface area contributed by atoms with Crippen molar-refractivity contribution in [2.24, 2.45) is 0 Å². The summed E-state index contributed by atoms with van der Waals surface area (Å²) in [6, 6.07) is 8.20. The van der Waals surface area contributed by atoms with E-state index in [4.69, 9.17) is 0 Å². The fraction of sp³-hybridized carbons (Fsp3) is 0.0714. The fourth-order valence-corrected chi connectivity index (χ4v) is 1.93. The molecule has 16 heavy (non-hydrogen) atoms. The summed E-state index contributed by atoms with van der Waals surface area (Å²) in [4.78, 5) is 4.40. The number of hydrogen-bond acceptors (Lipinski definition) is 1. The maximum Gasteiger partial charge on any atom is 0.100 e. The van der Waals surface area contributed by atoms with Crippen LogP contribution >= 0.6 is 0 Å². The SMILES string of the molecule is C1=CC=C(n2cnc3ccccc32)CC=C1. The van der Waals surface area contributed by atoms with Crippen molar-refractivity contribution in [3.8, 4) is 0 Å². The van der Waals surface area contributed by atoms with Crippen LogP contribution in [0.1, 0.15) is 6.42 Å². The first-order valence-corrected chi connectivity index (χ1v) is 5.40. The zero-order valence-electron chi connectivity index (χ0n) is 8.88. The standard InChI is InChI=1S/C14H12N2/c1-2-4-8-12(7-3-1)16-11-15-13-9-5-6-10-14(13)16/h1-7,9-11H,8H2. The van der Waals surface area contributed by atoms with Crippen LogP contribution in [0.25, 0.3) is 16.7 Å². The average Bonchev–Trinajstić information content (AvgIpc) is 2.57. The van der Waals surface area contributed by atoms with Gasteiger partial charge >= 0.3 is 0 Å². The molecule has 0 spiro atoms. The second kappa shape index (κ2) is 3.81. The van der Waals surface area contributed by atoms with Crippen molar-refractivity contribution < 1.29 is 0 Å². The van der Waals surface area contributed by atoms with Gasteiger partial charge in [0.25, 0.3) is 0 Å². The Hall–Kier alpha value is -2.09. The van der Waals surface area contributed by atoms with Crippen LogP contribution in [0.2, 0.25) is 0 Å². The minimum atomic E-state index is 0.938. The Morgan fingerprint density at radius 2 is 2.00 bits per heavy atom. The number of aromatic nitrogens is 2. The van der Waals surface area contributed by atoms with Crippen LogP contribution in [-0.4, -0.2) is 9.55 Å². The summed E-state index contributed by atoms with van der Waals surface area (Å²) in [5, 5.41) is 0. The second-order valence-corrected chi connectivity index (χ2v) is 3.78. The molecular formula is C14H12N2. The predicted molar refractivity (Wildman–Crippen MR) is 66.9 cm³/mol. The van der Waals surface area contributed by atoms with Crippen LogP contribution in [0.3, 0.4) is 0 Å². The van der Waals surface area contributed by atoms with Crippen molar-refractivity contribution in [3.05, 3.63) is 61.0 Å². The van der Waals surface area contributed by atoms with Crippen molar-refractivity contribution in [1.29, 1.82) is 0 Å². The molecule has 1 heterocycles. The molecule has 2 nitrogen and oxygen atoms in total. The second-order valence-electron chi connectivity index (χ2n) is 3.78. The Morgan fingerprint density at radius 1 is 1.06 bits per heavy atom. The van der Waals surface area contributed by atoms with E-state index in [0.29, 0.717) is 0 Å². The first-order chi connectivity index (χ1) is 7.95. The highest BCUT2D eigenvalue weighted by Gasteiger charge is 2.04. The van der Waals surface area contributed by atoms with Gasteiger partial charge in [-0.15, -0.1) is 0 Å². The Kier molecular flexibility index (Phi) is 2.18. The molecular weight excluding hydrogens is 196 g/mol. The lowest BCUT2D eigenvalue weighted by molar-refractivity contribution is 1.07. The van der Waals surface area contributed by atoms with Gasteiger partial charge in [-0.3, -0.25) is 0 Å². The summed E-state index contributed by atoms with van der Waals surface area (Å²) in [5.74, 6) is 0. The predicted octanol–water partition coefficient (Wildman–Crippen LogP) is 3.39. The number of fused-ring (bicyclic) bond motifs is 1. The first kappa shape index (κ1) is 9.16. The van der Waals surface area contributed by atoms with Crippen molar-refractivity contribution in [3.63, 3.8) is 0 Å². The van der Waals surface area contributed by atoms with Gasteiger partial charge in [-0.25, -0.2) is 4.98 Å².